The first kappa shape index (κ1) is 18.4. The normalized spacial score (nSPS) is 19.0. The number of halogens is 2. The van der Waals surface area contributed by atoms with E-state index in [-0.39, 0.29) is 43.8 Å². The van der Waals surface area contributed by atoms with Crippen molar-refractivity contribution in [3.63, 3.8) is 0 Å². The standard InChI is InChI=1S/C18H22F2O4/c1-12(2)11-24-16(23)17(7-9-18(19,20)10-8-17)14-5-3-13(4-6-14)15(21)22/h3-6,12H,7-11H2,1-2H3,(H,21,22). The average Bonchev–Trinajstić information content (AvgIpc) is 2.53. The zero-order valence-corrected chi connectivity index (χ0v) is 13.9. The maximum atomic E-state index is 13.6. The molecular formula is C18H22F2O4. The number of carboxylic acids is 1. The molecule has 0 spiro atoms. The van der Waals surface area contributed by atoms with Crippen LogP contribution in [-0.2, 0) is 14.9 Å². The first-order valence-electron chi connectivity index (χ1n) is 8.05. The van der Waals surface area contributed by atoms with E-state index < -0.39 is 23.3 Å². The molecule has 4 nitrogen and oxygen atoms in total. The molecule has 0 saturated heterocycles. The number of benzene rings is 1. The van der Waals surface area contributed by atoms with Crippen molar-refractivity contribution in [3.8, 4) is 0 Å². The summed E-state index contributed by atoms with van der Waals surface area (Å²) in [4.78, 5) is 23.6. The van der Waals surface area contributed by atoms with Crippen LogP contribution in [0.5, 0.6) is 0 Å². The zero-order chi connectivity index (χ0) is 18.0. The van der Waals surface area contributed by atoms with Crippen LogP contribution in [0.3, 0.4) is 0 Å². The molecule has 0 aromatic heterocycles. The van der Waals surface area contributed by atoms with Gasteiger partial charge in [-0.1, -0.05) is 26.0 Å². The topological polar surface area (TPSA) is 63.6 Å². The van der Waals surface area contributed by atoms with Gasteiger partial charge in [0.2, 0.25) is 5.92 Å². The first-order chi connectivity index (χ1) is 11.2. The Bertz CT molecular complexity index is 598. The summed E-state index contributed by atoms with van der Waals surface area (Å²) in [5, 5.41) is 8.98. The molecule has 2 rings (SSSR count). The van der Waals surface area contributed by atoms with Crippen LogP contribution in [0.4, 0.5) is 8.78 Å². The third kappa shape index (κ3) is 3.91. The molecule has 1 saturated carbocycles. The van der Waals surface area contributed by atoms with Crippen molar-refractivity contribution in [2.75, 3.05) is 6.61 Å². The first-order valence-corrected chi connectivity index (χ1v) is 8.05. The van der Waals surface area contributed by atoms with Gasteiger partial charge in [0.25, 0.3) is 0 Å². The second-order valence-electron chi connectivity index (χ2n) is 6.81. The molecule has 0 bridgehead atoms. The zero-order valence-electron chi connectivity index (χ0n) is 13.9. The highest BCUT2D eigenvalue weighted by Gasteiger charge is 2.49. The number of ether oxygens (including phenoxy) is 1. The highest BCUT2D eigenvalue weighted by molar-refractivity contribution is 5.88. The lowest BCUT2D eigenvalue weighted by molar-refractivity contribution is -0.157. The molecule has 1 N–H and O–H groups in total. The second kappa shape index (κ2) is 6.87. The van der Waals surface area contributed by atoms with E-state index in [1.807, 2.05) is 13.8 Å². The van der Waals surface area contributed by atoms with Crippen molar-refractivity contribution in [1.29, 1.82) is 0 Å². The fraction of sp³-hybridized carbons (Fsp3) is 0.556. The Morgan fingerprint density at radius 3 is 2.12 bits per heavy atom. The maximum absolute atomic E-state index is 13.6. The van der Waals surface area contributed by atoms with Gasteiger partial charge in [0.1, 0.15) is 0 Å². The lowest BCUT2D eigenvalue weighted by Gasteiger charge is -2.38. The molecule has 0 atom stereocenters. The Morgan fingerprint density at radius 2 is 1.67 bits per heavy atom. The number of hydrogen-bond donors (Lipinski definition) is 1. The summed E-state index contributed by atoms with van der Waals surface area (Å²) in [6.07, 6.45) is -0.790. The summed E-state index contributed by atoms with van der Waals surface area (Å²) in [6, 6.07) is 5.84. The molecule has 1 aliphatic rings. The molecule has 0 amide bonds. The van der Waals surface area contributed by atoms with Crippen LogP contribution in [0.1, 0.15) is 55.5 Å². The van der Waals surface area contributed by atoms with Crippen molar-refractivity contribution in [1.82, 2.24) is 0 Å². The van der Waals surface area contributed by atoms with Crippen LogP contribution in [0, 0.1) is 5.92 Å². The number of carbonyl (C=O) groups excluding carboxylic acids is 1. The molecule has 1 aromatic carbocycles. The minimum Gasteiger partial charge on any atom is -0.478 e. The summed E-state index contributed by atoms with van der Waals surface area (Å²) in [5.41, 5.74) is -0.504. The fourth-order valence-corrected chi connectivity index (χ4v) is 2.97. The van der Waals surface area contributed by atoms with Crippen molar-refractivity contribution in [2.24, 2.45) is 5.92 Å². The number of rotatable bonds is 5. The Morgan fingerprint density at radius 1 is 1.12 bits per heavy atom. The van der Waals surface area contributed by atoms with E-state index in [1.165, 1.54) is 24.3 Å². The van der Waals surface area contributed by atoms with Gasteiger partial charge < -0.3 is 9.84 Å². The van der Waals surface area contributed by atoms with Crippen molar-refractivity contribution in [3.05, 3.63) is 35.4 Å². The van der Waals surface area contributed by atoms with Gasteiger partial charge in [-0.25, -0.2) is 13.6 Å². The lowest BCUT2D eigenvalue weighted by atomic mass is 9.68. The Balaban J connectivity index is 2.32. The molecule has 132 valence electrons. The minimum atomic E-state index is -2.77. The van der Waals surface area contributed by atoms with Crippen molar-refractivity contribution in [2.45, 2.75) is 50.9 Å². The van der Waals surface area contributed by atoms with Crippen molar-refractivity contribution < 1.29 is 28.2 Å². The predicted molar refractivity (Wildman–Crippen MR) is 84.3 cm³/mol. The molecule has 1 fully saturated rings. The molecule has 0 aliphatic heterocycles. The summed E-state index contributed by atoms with van der Waals surface area (Å²) >= 11 is 0. The summed E-state index contributed by atoms with van der Waals surface area (Å²) in [7, 11) is 0. The van der Waals surface area contributed by atoms with E-state index >= 15 is 0 Å². The summed E-state index contributed by atoms with van der Waals surface area (Å²) in [6.45, 7) is 4.03. The quantitative estimate of drug-likeness (QED) is 0.822. The SMILES string of the molecule is CC(C)COC(=O)C1(c2ccc(C(=O)O)cc2)CCC(F)(F)CC1. The number of esters is 1. The van der Waals surface area contributed by atoms with Gasteiger partial charge in [-0.3, -0.25) is 4.79 Å². The van der Waals surface area contributed by atoms with Crippen LogP contribution < -0.4 is 0 Å². The molecule has 1 aromatic rings. The highest BCUT2D eigenvalue weighted by Crippen LogP contribution is 2.46. The van der Waals surface area contributed by atoms with E-state index in [9.17, 15) is 18.4 Å². The Hall–Kier alpha value is -1.98. The monoisotopic (exact) mass is 340 g/mol. The minimum absolute atomic E-state index is 0.0106. The molecule has 0 unspecified atom stereocenters. The lowest BCUT2D eigenvalue weighted by Crippen LogP contribution is -2.44. The predicted octanol–water partition coefficient (Wildman–Crippen LogP) is 4.03. The van der Waals surface area contributed by atoms with Gasteiger partial charge in [-0.15, -0.1) is 0 Å². The average molecular weight is 340 g/mol. The van der Waals surface area contributed by atoms with Gasteiger partial charge in [0.15, 0.2) is 0 Å². The molecule has 0 heterocycles. The van der Waals surface area contributed by atoms with E-state index in [0.29, 0.717) is 5.56 Å². The Labute approximate surface area is 139 Å². The van der Waals surface area contributed by atoms with Crippen LogP contribution in [0.25, 0.3) is 0 Å². The van der Waals surface area contributed by atoms with Gasteiger partial charge in [-0.05, 0) is 36.5 Å². The van der Waals surface area contributed by atoms with Crippen LogP contribution in [-0.4, -0.2) is 29.6 Å². The Kier molecular flexibility index (Phi) is 5.26. The molecule has 6 heteroatoms. The van der Waals surface area contributed by atoms with Crippen LogP contribution >= 0.6 is 0 Å². The number of aromatic carboxylic acids is 1. The van der Waals surface area contributed by atoms with E-state index in [4.69, 9.17) is 9.84 Å². The molecular weight excluding hydrogens is 318 g/mol. The van der Waals surface area contributed by atoms with E-state index in [2.05, 4.69) is 0 Å². The third-order valence-corrected chi connectivity index (χ3v) is 4.46. The molecule has 24 heavy (non-hydrogen) atoms. The number of carboxylic acid groups (broad SMARTS) is 1. The molecule has 0 radical (unpaired) electrons. The highest BCUT2D eigenvalue weighted by atomic mass is 19.3. The fourth-order valence-electron chi connectivity index (χ4n) is 2.97. The van der Waals surface area contributed by atoms with Crippen LogP contribution in [0.2, 0.25) is 0 Å². The van der Waals surface area contributed by atoms with E-state index in [1.54, 1.807) is 0 Å². The number of carbonyl (C=O) groups is 2. The van der Waals surface area contributed by atoms with Gasteiger partial charge in [-0.2, -0.15) is 0 Å². The molecule has 1 aliphatic carbocycles. The summed E-state index contributed by atoms with van der Waals surface area (Å²) < 4.78 is 32.5. The van der Waals surface area contributed by atoms with Gasteiger partial charge >= 0.3 is 11.9 Å². The van der Waals surface area contributed by atoms with Crippen LogP contribution in [0.15, 0.2) is 24.3 Å². The smallest absolute Gasteiger partial charge is 0.335 e. The van der Waals surface area contributed by atoms with E-state index in [0.717, 1.165) is 0 Å². The summed E-state index contributed by atoms with van der Waals surface area (Å²) in [5.74, 6) is -4.21. The third-order valence-electron chi connectivity index (χ3n) is 4.46. The van der Waals surface area contributed by atoms with Crippen molar-refractivity contribution >= 4 is 11.9 Å². The number of hydrogen-bond acceptors (Lipinski definition) is 3. The van der Waals surface area contributed by atoms with Gasteiger partial charge in [0, 0.05) is 12.8 Å². The number of alkyl halides is 2. The maximum Gasteiger partial charge on any atom is 0.335 e. The van der Waals surface area contributed by atoms with Gasteiger partial charge in [0.05, 0.1) is 17.6 Å². The largest absolute Gasteiger partial charge is 0.478 e. The second-order valence-corrected chi connectivity index (χ2v) is 6.81.